The molecule has 4 heteroatoms. The van der Waals surface area contributed by atoms with Crippen molar-refractivity contribution in [2.45, 2.75) is 31.7 Å². The first-order valence-corrected chi connectivity index (χ1v) is 7.79. The molecule has 0 radical (unpaired) electrons. The normalized spacial score (nSPS) is 18.2. The minimum atomic E-state index is -0.156. The number of hydrogen-bond donors (Lipinski definition) is 0. The highest BCUT2D eigenvalue weighted by Crippen LogP contribution is 2.22. The second-order valence-electron chi connectivity index (χ2n) is 5.75. The molecular formula is C18H20N2O2. The first-order chi connectivity index (χ1) is 10.8. The molecular weight excluding hydrogens is 276 g/mol. The minimum absolute atomic E-state index is 0.156. The van der Waals surface area contributed by atoms with Gasteiger partial charge in [0.15, 0.2) is 6.20 Å². The summed E-state index contributed by atoms with van der Waals surface area (Å²) in [5, 5.41) is 11.8. The lowest BCUT2D eigenvalue weighted by Crippen LogP contribution is -2.48. The molecule has 4 nitrogen and oxygen atoms in total. The van der Waals surface area contributed by atoms with Crippen molar-refractivity contribution in [2.75, 3.05) is 6.54 Å². The van der Waals surface area contributed by atoms with Gasteiger partial charge in [0.25, 0.3) is 5.69 Å². The Labute approximate surface area is 130 Å². The Bertz CT molecular complexity index is 643. The summed E-state index contributed by atoms with van der Waals surface area (Å²) in [6.07, 6.45) is 5.35. The highest BCUT2D eigenvalue weighted by molar-refractivity contribution is 5.91. The zero-order valence-corrected chi connectivity index (χ0v) is 12.5. The van der Waals surface area contributed by atoms with Crippen molar-refractivity contribution in [2.24, 2.45) is 0 Å². The van der Waals surface area contributed by atoms with Crippen LogP contribution in [-0.4, -0.2) is 23.4 Å². The Morgan fingerprint density at radius 2 is 1.91 bits per heavy atom. The second-order valence-corrected chi connectivity index (χ2v) is 5.75. The molecule has 1 aliphatic rings. The standard InChI is InChI=1S/C18H20N2O2/c21-18(17-11-5-7-13-20(17)22)19-12-6-4-10-16(19)14-15-8-2-1-3-9-15/h1-3,5,7-9,11,13,16H,4,6,10,12,14H2. The van der Waals surface area contributed by atoms with E-state index in [9.17, 15) is 10.0 Å². The average molecular weight is 296 g/mol. The highest BCUT2D eigenvalue weighted by atomic mass is 16.5. The van der Waals surface area contributed by atoms with Gasteiger partial charge in [-0.05, 0) is 37.3 Å². The van der Waals surface area contributed by atoms with E-state index in [0.717, 1.165) is 32.2 Å². The monoisotopic (exact) mass is 296 g/mol. The third-order valence-electron chi connectivity index (χ3n) is 4.25. The number of benzene rings is 1. The molecule has 3 rings (SSSR count). The molecule has 1 unspecified atom stereocenters. The largest absolute Gasteiger partial charge is 0.618 e. The topological polar surface area (TPSA) is 47.2 Å². The van der Waals surface area contributed by atoms with Crippen LogP contribution in [0.3, 0.4) is 0 Å². The van der Waals surface area contributed by atoms with E-state index in [4.69, 9.17) is 0 Å². The fourth-order valence-corrected chi connectivity index (χ4v) is 3.11. The van der Waals surface area contributed by atoms with Crippen LogP contribution in [0.5, 0.6) is 0 Å². The first-order valence-electron chi connectivity index (χ1n) is 7.79. The lowest BCUT2D eigenvalue weighted by atomic mass is 9.95. The molecule has 1 aliphatic heterocycles. The van der Waals surface area contributed by atoms with E-state index < -0.39 is 0 Å². The van der Waals surface area contributed by atoms with Gasteiger partial charge in [0.2, 0.25) is 0 Å². The summed E-state index contributed by atoms with van der Waals surface area (Å²) >= 11 is 0. The van der Waals surface area contributed by atoms with Crippen molar-refractivity contribution in [3.63, 3.8) is 0 Å². The van der Waals surface area contributed by atoms with E-state index in [1.54, 1.807) is 18.2 Å². The van der Waals surface area contributed by atoms with E-state index in [1.807, 2.05) is 23.1 Å². The summed E-state index contributed by atoms with van der Waals surface area (Å²) < 4.78 is 0.663. The van der Waals surface area contributed by atoms with Crippen molar-refractivity contribution in [1.29, 1.82) is 0 Å². The Kier molecular flexibility index (Phi) is 4.37. The predicted molar refractivity (Wildman–Crippen MR) is 84.2 cm³/mol. The minimum Gasteiger partial charge on any atom is -0.618 e. The van der Waals surface area contributed by atoms with E-state index >= 15 is 0 Å². The van der Waals surface area contributed by atoms with Crippen molar-refractivity contribution in [1.82, 2.24) is 4.90 Å². The number of rotatable bonds is 3. The van der Waals surface area contributed by atoms with Crippen LogP contribution in [0.25, 0.3) is 0 Å². The van der Waals surface area contributed by atoms with Crippen molar-refractivity contribution in [3.8, 4) is 0 Å². The van der Waals surface area contributed by atoms with E-state index in [1.165, 1.54) is 11.8 Å². The van der Waals surface area contributed by atoms with E-state index in [-0.39, 0.29) is 17.6 Å². The van der Waals surface area contributed by atoms with Crippen molar-refractivity contribution in [3.05, 3.63) is 71.2 Å². The Hall–Kier alpha value is -2.36. The fraction of sp³-hybridized carbons (Fsp3) is 0.333. The van der Waals surface area contributed by atoms with E-state index in [2.05, 4.69) is 12.1 Å². The lowest BCUT2D eigenvalue weighted by molar-refractivity contribution is -0.608. The molecule has 1 aromatic heterocycles. The maximum atomic E-state index is 12.7. The van der Waals surface area contributed by atoms with E-state index in [0.29, 0.717) is 4.73 Å². The number of carbonyl (C=O) groups is 1. The number of pyridine rings is 1. The van der Waals surface area contributed by atoms with Gasteiger partial charge in [-0.3, -0.25) is 4.79 Å². The molecule has 0 aliphatic carbocycles. The molecule has 2 heterocycles. The second kappa shape index (κ2) is 6.60. The quantitative estimate of drug-likeness (QED) is 0.645. The van der Waals surface area contributed by atoms with Gasteiger partial charge >= 0.3 is 5.91 Å². The number of amides is 1. The Morgan fingerprint density at radius 3 is 2.68 bits per heavy atom. The van der Waals surface area contributed by atoms with Gasteiger partial charge in [-0.25, -0.2) is 0 Å². The molecule has 0 N–H and O–H groups in total. The van der Waals surface area contributed by atoms with Crippen LogP contribution in [0.2, 0.25) is 0 Å². The highest BCUT2D eigenvalue weighted by Gasteiger charge is 2.31. The van der Waals surface area contributed by atoms with Gasteiger partial charge in [-0.15, -0.1) is 0 Å². The summed E-state index contributed by atoms with van der Waals surface area (Å²) in [5.74, 6) is -0.156. The third-order valence-corrected chi connectivity index (χ3v) is 4.25. The summed E-state index contributed by atoms with van der Waals surface area (Å²) in [6, 6.07) is 15.4. The molecule has 22 heavy (non-hydrogen) atoms. The number of nitrogens with zero attached hydrogens (tertiary/aromatic N) is 2. The molecule has 0 spiro atoms. The van der Waals surface area contributed by atoms with Crippen LogP contribution in [0.1, 0.15) is 35.3 Å². The number of piperidine rings is 1. The van der Waals surface area contributed by atoms with Gasteiger partial charge < -0.3 is 10.1 Å². The predicted octanol–water partition coefficient (Wildman–Crippen LogP) is 2.56. The molecule has 1 aromatic carbocycles. The average Bonchev–Trinajstić information content (AvgIpc) is 2.56. The summed E-state index contributed by atoms with van der Waals surface area (Å²) in [7, 11) is 0. The zero-order valence-electron chi connectivity index (χ0n) is 12.5. The fourth-order valence-electron chi connectivity index (χ4n) is 3.11. The van der Waals surface area contributed by atoms with Crippen LogP contribution in [0.4, 0.5) is 0 Å². The molecule has 1 atom stereocenters. The summed E-state index contributed by atoms with van der Waals surface area (Å²) in [4.78, 5) is 14.6. The zero-order chi connectivity index (χ0) is 15.4. The molecule has 0 saturated carbocycles. The number of aromatic nitrogens is 1. The molecule has 1 amide bonds. The van der Waals surface area contributed by atoms with Crippen molar-refractivity contribution >= 4 is 5.91 Å². The summed E-state index contributed by atoms with van der Waals surface area (Å²) in [6.45, 7) is 0.727. The van der Waals surface area contributed by atoms with Crippen LogP contribution in [-0.2, 0) is 6.42 Å². The van der Waals surface area contributed by atoms with Gasteiger partial charge in [0.05, 0.1) is 0 Å². The SMILES string of the molecule is O=C(c1cccc[n+]1[O-])N1CCCCC1Cc1ccccc1. The molecule has 1 fully saturated rings. The lowest BCUT2D eigenvalue weighted by Gasteiger charge is -2.35. The van der Waals surface area contributed by atoms with Crippen LogP contribution in [0.15, 0.2) is 54.7 Å². The first kappa shape index (κ1) is 14.6. The Morgan fingerprint density at radius 1 is 1.14 bits per heavy atom. The maximum absolute atomic E-state index is 12.7. The van der Waals surface area contributed by atoms with Gasteiger partial charge in [-0.1, -0.05) is 30.3 Å². The van der Waals surface area contributed by atoms with Crippen LogP contribution < -0.4 is 4.73 Å². The van der Waals surface area contributed by atoms with Gasteiger partial charge in [0.1, 0.15) is 0 Å². The number of likely N-dealkylation sites (tertiary alicyclic amines) is 1. The van der Waals surface area contributed by atoms with Crippen LogP contribution in [0, 0.1) is 5.21 Å². The van der Waals surface area contributed by atoms with Gasteiger partial charge in [0, 0.05) is 24.7 Å². The Balaban J connectivity index is 1.80. The van der Waals surface area contributed by atoms with Gasteiger partial charge in [-0.2, -0.15) is 4.73 Å². The molecule has 0 bridgehead atoms. The maximum Gasteiger partial charge on any atom is 0.320 e. The molecule has 2 aromatic rings. The number of hydrogen-bond acceptors (Lipinski definition) is 2. The molecule has 114 valence electrons. The summed E-state index contributed by atoms with van der Waals surface area (Å²) in [5.41, 5.74) is 1.44. The molecule has 1 saturated heterocycles. The third kappa shape index (κ3) is 3.11. The van der Waals surface area contributed by atoms with Crippen LogP contribution >= 0.6 is 0 Å². The smallest absolute Gasteiger partial charge is 0.320 e. The van der Waals surface area contributed by atoms with Crippen molar-refractivity contribution < 1.29 is 9.52 Å². The number of carbonyl (C=O) groups excluding carboxylic acids is 1.